The number of aryl methyl sites for hydroxylation is 1. The van der Waals surface area contributed by atoms with Gasteiger partial charge in [0.2, 0.25) is 0 Å². The van der Waals surface area contributed by atoms with Crippen molar-refractivity contribution in [1.82, 2.24) is 4.72 Å². The maximum Gasteiger partial charge on any atom is 0.308 e. The quantitative estimate of drug-likeness (QED) is 0.572. The summed E-state index contributed by atoms with van der Waals surface area (Å²) in [4.78, 5) is 24.5. The highest BCUT2D eigenvalue weighted by Crippen LogP contribution is 2.44. The van der Waals surface area contributed by atoms with E-state index in [9.17, 15) is 18.0 Å². The van der Waals surface area contributed by atoms with Crippen LogP contribution in [0.3, 0.4) is 0 Å². The van der Waals surface area contributed by atoms with Crippen LogP contribution in [0.25, 0.3) is 0 Å². The third kappa shape index (κ3) is 4.30. The van der Waals surface area contributed by atoms with E-state index in [1.807, 2.05) is 27.7 Å². The van der Waals surface area contributed by atoms with Crippen molar-refractivity contribution >= 4 is 21.9 Å². The first-order chi connectivity index (χ1) is 14.4. The second-order valence-corrected chi connectivity index (χ2v) is 9.87. The zero-order chi connectivity index (χ0) is 23.1. The summed E-state index contributed by atoms with van der Waals surface area (Å²) in [5.41, 5.74) is 2.67. The van der Waals surface area contributed by atoms with E-state index in [-0.39, 0.29) is 11.3 Å². The Bertz CT molecular complexity index is 1170. The van der Waals surface area contributed by atoms with E-state index in [2.05, 4.69) is 4.72 Å². The fourth-order valence-corrected chi connectivity index (χ4v) is 4.77. The number of amides is 1. The number of benzene rings is 2. The summed E-state index contributed by atoms with van der Waals surface area (Å²) in [6, 6.07) is 6.25. The molecule has 0 spiro atoms. The Balaban J connectivity index is 1.92. The Morgan fingerprint density at radius 3 is 2.23 bits per heavy atom. The molecule has 1 unspecified atom stereocenters. The first kappa shape index (κ1) is 22.8. The fourth-order valence-electron chi connectivity index (χ4n) is 3.70. The molecule has 1 amide bonds. The molecule has 2 aromatic carbocycles. The lowest BCUT2D eigenvalue weighted by molar-refractivity contribution is -0.135. The smallest absolute Gasteiger partial charge is 0.308 e. The van der Waals surface area contributed by atoms with Gasteiger partial charge >= 0.3 is 5.97 Å². The molecule has 0 aliphatic carbocycles. The van der Waals surface area contributed by atoms with E-state index in [4.69, 9.17) is 9.47 Å². The molecule has 0 saturated carbocycles. The van der Waals surface area contributed by atoms with Gasteiger partial charge < -0.3 is 9.47 Å². The first-order valence-electron chi connectivity index (χ1n) is 9.99. The molecule has 166 valence electrons. The van der Waals surface area contributed by atoms with Gasteiger partial charge in [0.1, 0.15) is 11.5 Å². The summed E-state index contributed by atoms with van der Waals surface area (Å²) in [6.07, 6.45) is 0.753. The van der Waals surface area contributed by atoms with Gasteiger partial charge in [0.15, 0.2) is 5.60 Å². The molecule has 0 bridgehead atoms. The van der Waals surface area contributed by atoms with Crippen molar-refractivity contribution in [2.45, 2.75) is 64.9 Å². The van der Waals surface area contributed by atoms with Crippen molar-refractivity contribution in [1.29, 1.82) is 0 Å². The Labute approximate surface area is 182 Å². The predicted octanol–water partition coefficient (Wildman–Crippen LogP) is 3.43. The summed E-state index contributed by atoms with van der Waals surface area (Å²) in [5.74, 6) is -0.102. The lowest BCUT2D eigenvalue weighted by Gasteiger charge is -2.36. The Morgan fingerprint density at radius 2 is 1.65 bits per heavy atom. The molecule has 0 fully saturated rings. The number of esters is 1. The van der Waals surface area contributed by atoms with Gasteiger partial charge in [0.25, 0.3) is 15.9 Å². The van der Waals surface area contributed by atoms with Gasteiger partial charge in [-0.25, -0.2) is 13.1 Å². The van der Waals surface area contributed by atoms with E-state index < -0.39 is 27.5 Å². The number of fused-ring (bicyclic) bond motifs is 1. The van der Waals surface area contributed by atoms with Crippen LogP contribution in [0, 0.1) is 27.7 Å². The molecule has 0 saturated heterocycles. The summed E-state index contributed by atoms with van der Waals surface area (Å²) < 4.78 is 39.0. The number of hydrogen-bond acceptors (Lipinski definition) is 6. The molecule has 31 heavy (non-hydrogen) atoms. The van der Waals surface area contributed by atoms with Crippen molar-refractivity contribution < 1.29 is 27.5 Å². The van der Waals surface area contributed by atoms with Crippen LogP contribution in [0.5, 0.6) is 11.5 Å². The number of nitrogens with one attached hydrogen (secondary N) is 1. The second kappa shape index (κ2) is 8.00. The molecule has 1 N–H and O–H groups in total. The summed E-state index contributed by atoms with van der Waals surface area (Å²) in [6.45, 7) is 10.3. The minimum absolute atomic E-state index is 0.0140. The van der Waals surface area contributed by atoms with Crippen molar-refractivity contribution in [3.05, 3.63) is 52.1 Å². The molecule has 0 radical (unpaired) electrons. The Morgan fingerprint density at radius 1 is 1.03 bits per heavy atom. The van der Waals surface area contributed by atoms with Crippen LogP contribution in [0.2, 0.25) is 0 Å². The zero-order valence-electron chi connectivity index (χ0n) is 18.6. The molecule has 1 aliphatic heterocycles. The topological polar surface area (TPSA) is 98.8 Å². The molecule has 2 aromatic rings. The molecule has 1 atom stereocenters. The third-order valence-corrected chi connectivity index (χ3v) is 7.12. The van der Waals surface area contributed by atoms with Crippen LogP contribution < -0.4 is 14.2 Å². The van der Waals surface area contributed by atoms with E-state index in [0.29, 0.717) is 17.9 Å². The van der Waals surface area contributed by atoms with E-state index in [0.717, 1.165) is 27.8 Å². The largest absolute Gasteiger partial charge is 0.477 e. The summed E-state index contributed by atoms with van der Waals surface area (Å²) in [5, 5.41) is 0. The number of sulfonamides is 1. The number of ether oxygens (including phenoxy) is 2. The van der Waals surface area contributed by atoms with Gasteiger partial charge in [-0.15, -0.1) is 0 Å². The van der Waals surface area contributed by atoms with Crippen molar-refractivity contribution in [2.24, 2.45) is 0 Å². The maximum atomic E-state index is 13.0. The monoisotopic (exact) mass is 445 g/mol. The van der Waals surface area contributed by atoms with Gasteiger partial charge in [0.05, 0.1) is 4.90 Å². The summed E-state index contributed by atoms with van der Waals surface area (Å²) >= 11 is 0. The average molecular weight is 446 g/mol. The second-order valence-electron chi connectivity index (χ2n) is 8.19. The highest BCUT2D eigenvalue weighted by molar-refractivity contribution is 7.90. The Hall–Kier alpha value is -2.87. The lowest BCUT2D eigenvalue weighted by Crippen LogP contribution is -2.52. The van der Waals surface area contributed by atoms with Crippen LogP contribution >= 0.6 is 0 Å². The van der Waals surface area contributed by atoms with Crippen LogP contribution in [0.1, 0.15) is 48.1 Å². The summed E-state index contributed by atoms with van der Waals surface area (Å²) in [7, 11) is -4.02. The fraction of sp³-hybridized carbons (Fsp3) is 0.391. The van der Waals surface area contributed by atoms with E-state index >= 15 is 0 Å². The third-order valence-electron chi connectivity index (χ3n) is 5.77. The molecule has 8 heteroatoms. The van der Waals surface area contributed by atoms with Crippen LogP contribution in [-0.4, -0.2) is 25.9 Å². The zero-order valence-corrected chi connectivity index (χ0v) is 19.4. The molecule has 1 aliphatic rings. The minimum atomic E-state index is -4.02. The van der Waals surface area contributed by atoms with Crippen molar-refractivity contribution in [2.75, 3.05) is 0 Å². The first-order valence-corrected chi connectivity index (χ1v) is 11.5. The van der Waals surface area contributed by atoms with Crippen LogP contribution in [-0.2, 0) is 26.0 Å². The van der Waals surface area contributed by atoms with Gasteiger partial charge in [-0.1, -0.05) is 17.7 Å². The normalized spacial score (nSPS) is 18.0. The SMILES string of the molecule is CC(=O)Oc1c(C)c(C)c2c(c1C)CCC(C)(C(=O)NS(=O)(=O)c1ccc(C)cc1)O2. The molecule has 0 aromatic heterocycles. The lowest BCUT2D eigenvalue weighted by atomic mass is 9.87. The van der Waals surface area contributed by atoms with Crippen LogP contribution in [0.4, 0.5) is 0 Å². The molecular weight excluding hydrogens is 418 g/mol. The van der Waals surface area contributed by atoms with Crippen LogP contribution in [0.15, 0.2) is 29.2 Å². The Kier molecular flexibility index (Phi) is 5.88. The van der Waals surface area contributed by atoms with Gasteiger partial charge in [-0.05, 0) is 69.9 Å². The molecule has 1 heterocycles. The maximum absolute atomic E-state index is 13.0. The minimum Gasteiger partial charge on any atom is -0.477 e. The van der Waals surface area contributed by atoms with Crippen molar-refractivity contribution in [3.63, 3.8) is 0 Å². The molecule has 3 rings (SSSR count). The average Bonchev–Trinajstić information content (AvgIpc) is 2.69. The van der Waals surface area contributed by atoms with Gasteiger partial charge in [-0.3, -0.25) is 9.59 Å². The molecular formula is C23H27NO6S. The highest BCUT2D eigenvalue weighted by atomic mass is 32.2. The molecule has 7 nitrogen and oxygen atoms in total. The standard InChI is InChI=1S/C23H27NO6S/c1-13-7-9-18(10-8-13)31(27,28)24-22(26)23(6)12-11-19-16(4)20(29-17(5)25)14(2)15(3)21(19)30-23/h7-10H,11-12H2,1-6H3,(H,24,26). The number of carbonyl (C=O) groups excluding carboxylic acids is 2. The number of carbonyl (C=O) groups is 2. The highest BCUT2D eigenvalue weighted by Gasteiger charge is 2.42. The van der Waals surface area contributed by atoms with Crippen molar-refractivity contribution in [3.8, 4) is 11.5 Å². The number of rotatable bonds is 4. The van der Waals surface area contributed by atoms with E-state index in [1.54, 1.807) is 19.1 Å². The van der Waals surface area contributed by atoms with Gasteiger partial charge in [-0.2, -0.15) is 0 Å². The number of hydrogen-bond donors (Lipinski definition) is 1. The van der Waals surface area contributed by atoms with E-state index in [1.165, 1.54) is 19.1 Å². The predicted molar refractivity (Wildman–Crippen MR) is 116 cm³/mol. The van der Waals surface area contributed by atoms with Gasteiger partial charge in [0, 0.05) is 18.9 Å².